The fourth-order valence-electron chi connectivity index (χ4n) is 2.79. The molecule has 2 aromatic carbocycles. The van der Waals surface area contributed by atoms with E-state index in [-0.39, 0.29) is 18.2 Å². The maximum Gasteiger partial charge on any atom is 0.291 e. The molecule has 31 heavy (non-hydrogen) atoms. The number of carbonyl (C=O) groups is 1. The van der Waals surface area contributed by atoms with E-state index in [2.05, 4.69) is 10.4 Å². The molecule has 0 saturated heterocycles. The van der Waals surface area contributed by atoms with Gasteiger partial charge in [-0.3, -0.25) is 9.48 Å². The van der Waals surface area contributed by atoms with Crippen molar-refractivity contribution in [2.45, 2.75) is 13.2 Å². The summed E-state index contributed by atoms with van der Waals surface area (Å²) in [6.45, 7) is 0.413. The van der Waals surface area contributed by atoms with Gasteiger partial charge < -0.3 is 14.5 Å². The molecule has 0 bridgehead atoms. The largest absolute Gasteiger partial charge is 0.486 e. The van der Waals surface area contributed by atoms with Gasteiger partial charge in [-0.15, -0.1) is 0 Å². The first-order valence-corrected chi connectivity index (χ1v) is 9.59. The Morgan fingerprint density at radius 1 is 1.10 bits per heavy atom. The van der Waals surface area contributed by atoms with Crippen LogP contribution in [0.25, 0.3) is 0 Å². The van der Waals surface area contributed by atoms with Gasteiger partial charge in [-0.2, -0.15) is 5.10 Å². The maximum absolute atomic E-state index is 13.2. The summed E-state index contributed by atoms with van der Waals surface area (Å²) in [5, 5.41) is 7.16. The smallest absolute Gasteiger partial charge is 0.291 e. The lowest BCUT2D eigenvalue weighted by Gasteiger charge is -2.04. The summed E-state index contributed by atoms with van der Waals surface area (Å²) < 4.78 is 38.6. The van der Waals surface area contributed by atoms with Crippen molar-refractivity contribution in [2.24, 2.45) is 0 Å². The predicted molar refractivity (Wildman–Crippen MR) is 110 cm³/mol. The Labute approximate surface area is 181 Å². The van der Waals surface area contributed by atoms with Crippen LogP contribution in [-0.2, 0) is 13.2 Å². The molecule has 0 radical (unpaired) electrons. The topological polar surface area (TPSA) is 69.3 Å². The average Bonchev–Trinajstić information content (AvgIpc) is 3.39. The van der Waals surface area contributed by atoms with Crippen molar-refractivity contribution < 1.29 is 22.7 Å². The Balaban J connectivity index is 1.34. The Kier molecular flexibility index (Phi) is 5.99. The van der Waals surface area contributed by atoms with E-state index >= 15 is 0 Å². The summed E-state index contributed by atoms with van der Waals surface area (Å²) in [7, 11) is 0. The second kappa shape index (κ2) is 9.01. The van der Waals surface area contributed by atoms with Crippen LogP contribution in [0.2, 0.25) is 5.02 Å². The second-order valence-electron chi connectivity index (χ2n) is 6.63. The number of furan rings is 1. The highest BCUT2D eigenvalue weighted by Crippen LogP contribution is 2.20. The number of amides is 1. The third-order valence-corrected chi connectivity index (χ3v) is 4.67. The molecular weight excluding hydrogens is 428 g/mol. The van der Waals surface area contributed by atoms with Crippen LogP contribution in [0.1, 0.15) is 21.9 Å². The minimum absolute atomic E-state index is 0.0925. The van der Waals surface area contributed by atoms with Gasteiger partial charge >= 0.3 is 0 Å². The number of nitrogens with zero attached hydrogens (tertiary/aromatic N) is 2. The summed E-state index contributed by atoms with van der Waals surface area (Å²) in [5.74, 6) is -0.190. The van der Waals surface area contributed by atoms with Gasteiger partial charge in [0.25, 0.3) is 5.91 Å². The number of rotatable bonds is 7. The monoisotopic (exact) mass is 443 g/mol. The van der Waals surface area contributed by atoms with Crippen LogP contribution in [0.15, 0.2) is 71.4 Å². The highest BCUT2D eigenvalue weighted by atomic mass is 35.5. The third-order valence-electron chi connectivity index (χ3n) is 4.32. The normalized spacial score (nSPS) is 10.8. The number of anilines is 1. The Hall–Kier alpha value is -3.65. The molecule has 2 aromatic heterocycles. The molecule has 0 aliphatic rings. The summed E-state index contributed by atoms with van der Waals surface area (Å²) >= 11 is 6.03. The van der Waals surface area contributed by atoms with Crippen LogP contribution in [-0.4, -0.2) is 15.7 Å². The molecule has 0 fully saturated rings. The average molecular weight is 444 g/mol. The summed E-state index contributed by atoms with van der Waals surface area (Å²) in [6.07, 6.45) is 3.11. The van der Waals surface area contributed by atoms with Crippen molar-refractivity contribution in [1.82, 2.24) is 9.78 Å². The molecule has 9 heteroatoms. The maximum atomic E-state index is 13.2. The lowest BCUT2D eigenvalue weighted by molar-refractivity contribution is 0.0992. The van der Waals surface area contributed by atoms with E-state index in [0.717, 1.165) is 0 Å². The third kappa shape index (κ3) is 5.29. The summed E-state index contributed by atoms with van der Waals surface area (Å²) in [5.41, 5.74) is 1.16. The van der Waals surface area contributed by atoms with Gasteiger partial charge in [-0.1, -0.05) is 17.7 Å². The van der Waals surface area contributed by atoms with Gasteiger partial charge in [0.15, 0.2) is 5.76 Å². The number of hydrogen-bond acceptors (Lipinski definition) is 4. The van der Waals surface area contributed by atoms with Crippen molar-refractivity contribution >= 4 is 23.2 Å². The fourth-order valence-corrected chi connectivity index (χ4v) is 3.02. The first-order valence-electron chi connectivity index (χ1n) is 9.21. The fraction of sp³-hybridized carbons (Fsp3) is 0.0909. The lowest BCUT2D eigenvalue weighted by atomic mass is 10.2. The van der Waals surface area contributed by atoms with Crippen LogP contribution in [0.3, 0.4) is 0 Å². The van der Waals surface area contributed by atoms with Gasteiger partial charge in [0.1, 0.15) is 29.8 Å². The van der Waals surface area contributed by atoms with Crippen molar-refractivity contribution in [2.75, 3.05) is 5.32 Å². The molecule has 0 aliphatic heterocycles. The van der Waals surface area contributed by atoms with E-state index in [4.69, 9.17) is 20.8 Å². The van der Waals surface area contributed by atoms with Crippen molar-refractivity contribution in [3.63, 3.8) is 0 Å². The number of nitrogens with one attached hydrogen (secondary N) is 1. The van der Waals surface area contributed by atoms with Gasteiger partial charge in [0, 0.05) is 11.2 Å². The van der Waals surface area contributed by atoms with E-state index in [1.54, 1.807) is 23.0 Å². The van der Waals surface area contributed by atoms with Crippen LogP contribution < -0.4 is 10.1 Å². The first-order chi connectivity index (χ1) is 15.0. The van der Waals surface area contributed by atoms with Crippen molar-refractivity contribution in [3.05, 3.63) is 101 Å². The molecule has 1 amide bonds. The van der Waals surface area contributed by atoms with Crippen LogP contribution in [0.4, 0.5) is 14.5 Å². The molecule has 2 heterocycles. The summed E-state index contributed by atoms with van der Waals surface area (Å²) in [4.78, 5) is 12.4. The van der Waals surface area contributed by atoms with Crippen molar-refractivity contribution in [1.29, 1.82) is 0 Å². The second-order valence-corrected chi connectivity index (χ2v) is 7.03. The van der Waals surface area contributed by atoms with E-state index in [9.17, 15) is 13.6 Å². The van der Waals surface area contributed by atoms with Crippen LogP contribution >= 0.6 is 11.6 Å². The van der Waals surface area contributed by atoms with E-state index in [0.29, 0.717) is 34.3 Å². The highest BCUT2D eigenvalue weighted by Gasteiger charge is 2.13. The molecule has 4 rings (SSSR count). The van der Waals surface area contributed by atoms with Crippen LogP contribution in [0.5, 0.6) is 5.75 Å². The predicted octanol–water partition coefficient (Wildman–Crippen LogP) is 5.29. The highest BCUT2D eigenvalue weighted by molar-refractivity contribution is 6.31. The van der Waals surface area contributed by atoms with E-state index in [1.165, 1.54) is 48.7 Å². The van der Waals surface area contributed by atoms with E-state index < -0.39 is 11.7 Å². The number of halogens is 3. The number of aromatic nitrogens is 2. The number of carbonyl (C=O) groups excluding carboxylic acids is 1. The molecule has 0 atom stereocenters. The van der Waals surface area contributed by atoms with E-state index in [1.807, 2.05) is 0 Å². The quantitative estimate of drug-likeness (QED) is 0.421. The first kappa shape index (κ1) is 20.6. The van der Waals surface area contributed by atoms with Gasteiger partial charge in [-0.05, 0) is 54.1 Å². The number of hydrogen-bond donors (Lipinski definition) is 1. The number of ether oxygens (including phenoxy) is 1. The SMILES string of the molecule is O=C(Nc1cnn(Cc2ccc(F)cc2Cl)c1)c1ccc(COc2ccc(F)cc2)o1. The Morgan fingerprint density at radius 2 is 1.87 bits per heavy atom. The standard InChI is InChI=1S/C22H16ClF2N3O3/c23-20-9-16(25)2-1-14(20)11-28-12-17(10-26-28)27-22(29)21-8-7-19(31-21)13-30-18-5-3-15(24)4-6-18/h1-10,12H,11,13H2,(H,27,29). The molecule has 0 aliphatic carbocycles. The number of benzene rings is 2. The Morgan fingerprint density at radius 3 is 2.65 bits per heavy atom. The molecule has 0 spiro atoms. The van der Waals surface area contributed by atoms with Crippen molar-refractivity contribution in [3.8, 4) is 5.75 Å². The zero-order valence-corrected chi connectivity index (χ0v) is 16.8. The Bertz CT molecular complexity index is 1200. The van der Waals surface area contributed by atoms with Gasteiger partial charge in [0.05, 0.1) is 18.4 Å². The zero-order chi connectivity index (χ0) is 21.8. The molecule has 4 aromatic rings. The minimum Gasteiger partial charge on any atom is -0.486 e. The molecule has 6 nitrogen and oxygen atoms in total. The minimum atomic E-state index is -0.451. The zero-order valence-electron chi connectivity index (χ0n) is 16.0. The van der Waals surface area contributed by atoms with Gasteiger partial charge in [-0.25, -0.2) is 8.78 Å². The molecular formula is C22H16ClF2N3O3. The molecule has 158 valence electrons. The van der Waals surface area contributed by atoms with Gasteiger partial charge in [0.2, 0.25) is 0 Å². The van der Waals surface area contributed by atoms with Crippen LogP contribution in [0, 0.1) is 11.6 Å². The molecule has 0 saturated carbocycles. The molecule has 0 unspecified atom stereocenters. The summed E-state index contributed by atoms with van der Waals surface area (Å²) in [6, 6.07) is 12.9. The lowest BCUT2D eigenvalue weighted by Crippen LogP contribution is -2.10. The molecule has 1 N–H and O–H groups in total.